The van der Waals surface area contributed by atoms with E-state index in [4.69, 9.17) is 18.9 Å². The minimum Gasteiger partial charge on any atom is -0.772 e. The number of likely N-dealkylation sites (N-methyl/N-ethyl adjacent to an activating group) is 1. The number of ether oxygens (including phenoxy) is 4. The van der Waals surface area contributed by atoms with Crippen molar-refractivity contribution in [3.05, 3.63) is 82.9 Å². The summed E-state index contributed by atoms with van der Waals surface area (Å²) in [7, 11) is 8.08. The summed E-state index contributed by atoms with van der Waals surface area (Å²) in [6.07, 6.45) is 0. The molecule has 0 saturated carbocycles. The first kappa shape index (κ1) is 30.9. The number of nitrogens with one attached hydrogen (secondary N) is 1. The molecule has 10 nitrogen and oxygen atoms in total. The van der Waals surface area contributed by atoms with E-state index in [1.807, 2.05) is 30.3 Å². The third kappa shape index (κ3) is 7.04. The molecule has 0 spiro atoms. The zero-order valence-electron chi connectivity index (χ0n) is 24.5. The molecule has 1 amide bonds. The Morgan fingerprint density at radius 2 is 1.48 bits per heavy atom. The fourth-order valence-corrected chi connectivity index (χ4v) is 5.41. The molecule has 1 fully saturated rings. The van der Waals surface area contributed by atoms with E-state index in [9.17, 15) is 13.6 Å². The molecule has 0 bridgehead atoms. The predicted octanol–water partition coefficient (Wildman–Crippen LogP) is 4.21. The van der Waals surface area contributed by atoms with Gasteiger partial charge in [-0.1, -0.05) is 23.2 Å². The molecule has 4 rings (SSSR count). The van der Waals surface area contributed by atoms with Crippen molar-refractivity contribution < 1.29 is 32.5 Å². The highest BCUT2D eigenvalue weighted by atomic mass is 32.2. The van der Waals surface area contributed by atoms with Crippen LogP contribution in [0.3, 0.4) is 0 Å². The number of hydrogen-bond acceptors (Lipinski definition) is 9. The minimum atomic E-state index is -2.44. The van der Waals surface area contributed by atoms with Crippen LogP contribution in [0.15, 0.2) is 60.7 Å². The van der Waals surface area contributed by atoms with Gasteiger partial charge in [0.2, 0.25) is 0 Å². The van der Waals surface area contributed by atoms with Crippen molar-refractivity contribution in [1.82, 2.24) is 4.90 Å². The van der Waals surface area contributed by atoms with Crippen LogP contribution in [-0.4, -0.2) is 81.2 Å². The lowest BCUT2D eigenvalue weighted by Gasteiger charge is -2.34. The molecule has 1 aliphatic heterocycles. The molecule has 3 aromatic rings. The summed E-state index contributed by atoms with van der Waals surface area (Å²) < 4.78 is 46.4. The predicted molar refractivity (Wildman–Crippen MR) is 164 cm³/mol. The molecule has 42 heavy (non-hydrogen) atoms. The molecular formula is C31H36N3O7S-. The van der Waals surface area contributed by atoms with Crippen LogP contribution >= 0.6 is 0 Å². The maximum atomic E-state index is 13.3. The number of para-hydroxylation sites is 1. The number of carbonyl (C=O) groups is 1. The van der Waals surface area contributed by atoms with Crippen LogP contribution in [0, 0.1) is 0 Å². The Morgan fingerprint density at radius 3 is 2.07 bits per heavy atom. The van der Waals surface area contributed by atoms with Crippen LogP contribution in [0.1, 0.15) is 27.0 Å². The first-order valence-electron chi connectivity index (χ1n) is 13.4. The van der Waals surface area contributed by atoms with Crippen molar-refractivity contribution in [2.45, 2.75) is 5.75 Å². The number of amides is 1. The van der Waals surface area contributed by atoms with E-state index >= 15 is 0 Å². The monoisotopic (exact) mass is 594 g/mol. The molecule has 224 valence electrons. The van der Waals surface area contributed by atoms with Gasteiger partial charge >= 0.3 is 0 Å². The lowest BCUT2D eigenvalue weighted by atomic mass is 10.0. The van der Waals surface area contributed by atoms with Crippen molar-refractivity contribution in [2.75, 3.05) is 71.9 Å². The largest absolute Gasteiger partial charge is 0.772 e. The number of hydrogen-bond donors (Lipinski definition) is 1. The van der Waals surface area contributed by atoms with Crippen molar-refractivity contribution in [3.8, 4) is 11.5 Å². The Morgan fingerprint density at radius 1 is 0.857 bits per heavy atom. The second-order valence-corrected chi connectivity index (χ2v) is 10.6. The highest BCUT2D eigenvalue weighted by Gasteiger charge is 2.23. The lowest BCUT2D eigenvalue weighted by molar-refractivity contribution is 0.102. The second-order valence-electron chi connectivity index (χ2n) is 9.72. The van der Waals surface area contributed by atoms with Crippen LogP contribution in [0.4, 0.5) is 11.4 Å². The van der Waals surface area contributed by atoms with Gasteiger partial charge in [-0.2, -0.15) is 0 Å². The van der Waals surface area contributed by atoms with Gasteiger partial charge in [0.05, 0.1) is 39.7 Å². The highest BCUT2D eigenvalue weighted by Crippen LogP contribution is 2.38. The second kappa shape index (κ2) is 14.2. The van der Waals surface area contributed by atoms with E-state index in [1.54, 1.807) is 37.4 Å². The molecular weight excluding hydrogens is 558 g/mol. The van der Waals surface area contributed by atoms with Crippen LogP contribution in [-0.2, 0) is 26.3 Å². The molecule has 11 heteroatoms. The van der Waals surface area contributed by atoms with Gasteiger partial charge in [-0.25, -0.2) is 0 Å². The Kier molecular flexibility index (Phi) is 10.5. The third-order valence-corrected chi connectivity index (χ3v) is 7.70. The van der Waals surface area contributed by atoms with Gasteiger partial charge in [0.1, 0.15) is 11.5 Å². The smallest absolute Gasteiger partial charge is 0.255 e. The summed E-state index contributed by atoms with van der Waals surface area (Å²) in [5.74, 6) is 0.794. The number of carbonyl (C=O) groups excluding carboxylic acids is 1. The molecule has 1 heterocycles. The first-order valence-corrected chi connectivity index (χ1v) is 14.6. The normalized spacial score (nSPS) is 15.0. The van der Waals surface area contributed by atoms with Crippen molar-refractivity contribution >= 4 is 39.9 Å². The fraction of sp³-hybridized carbons (Fsp3) is 0.323. The Bertz CT molecular complexity index is 1450. The van der Waals surface area contributed by atoms with Crippen LogP contribution in [0.2, 0.25) is 0 Å². The summed E-state index contributed by atoms with van der Waals surface area (Å²) in [5.41, 5.74) is 3.27. The number of methoxy groups -OCH3 is 4. The third-order valence-electron chi connectivity index (χ3n) is 7.16. The molecule has 1 aliphatic rings. The highest BCUT2D eigenvalue weighted by molar-refractivity contribution is 7.78. The summed E-state index contributed by atoms with van der Waals surface area (Å²) in [4.78, 5) is 17.8. The van der Waals surface area contributed by atoms with Crippen molar-refractivity contribution in [2.24, 2.45) is 0 Å². The number of benzene rings is 3. The summed E-state index contributed by atoms with van der Waals surface area (Å²) in [6.45, 7) is 3.82. The number of rotatable bonds is 11. The zero-order chi connectivity index (χ0) is 30.2. The quantitative estimate of drug-likeness (QED) is 0.198. The summed E-state index contributed by atoms with van der Waals surface area (Å²) in [6, 6.07) is 17.9. The number of piperazine rings is 1. The van der Waals surface area contributed by atoms with Gasteiger partial charge in [0.15, 0.2) is 11.5 Å². The SMILES string of the molecule is COC(=C(OC)c1ccccc1OC)c1cc(OC)c(NC(=O)c2ccc(N3CCN(C)CC3)cc2)cc1CS(=O)[O-]. The minimum absolute atomic E-state index is 0.276. The van der Waals surface area contributed by atoms with Gasteiger partial charge in [0, 0.05) is 48.7 Å². The van der Waals surface area contributed by atoms with Crippen LogP contribution in [0.25, 0.3) is 11.5 Å². The Labute approximate surface area is 249 Å². The van der Waals surface area contributed by atoms with Gasteiger partial charge in [-0.3, -0.25) is 9.00 Å². The van der Waals surface area contributed by atoms with E-state index < -0.39 is 11.1 Å². The van der Waals surface area contributed by atoms with Crippen molar-refractivity contribution in [1.29, 1.82) is 0 Å². The fourth-order valence-electron chi connectivity index (χ4n) is 4.91. The molecule has 0 radical (unpaired) electrons. The van der Waals surface area contributed by atoms with E-state index in [0.717, 1.165) is 31.9 Å². The molecule has 0 aromatic heterocycles. The molecule has 1 saturated heterocycles. The summed E-state index contributed by atoms with van der Waals surface area (Å²) in [5, 5.41) is 2.88. The maximum Gasteiger partial charge on any atom is 0.255 e. The standard InChI is InChI=1S/C31H37N3O7S/c1-33-14-16-34(17-15-33)23-12-10-21(11-13-23)31(35)32-26-18-22(20-42(36)37)25(19-28(26)39-3)30(41-5)29(40-4)24-8-6-7-9-27(24)38-2/h6-13,18-19H,14-17,20H2,1-5H3,(H,32,35)(H,36,37)/p-1. The molecule has 3 aromatic carbocycles. The van der Waals surface area contributed by atoms with E-state index in [1.165, 1.54) is 21.3 Å². The van der Waals surface area contributed by atoms with Gasteiger partial charge in [0.25, 0.3) is 5.91 Å². The molecule has 1 unspecified atom stereocenters. The number of nitrogens with zero attached hydrogens (tertiary/aromatic N) is 2. The molecule has 1 N–H and O–H groups in total. The van der Waals surface area contributed by atoms with Crippen molar-refractivity contribution in [3.63, 3.8) is 0 Å². The van der Waals surface area contributed by atoms with Gasteiger partial charge < -0.3 is 38.6 Å². The lowest BCUT2D eigenvalue weighted by Crippen LogP contribution is -2.44. The van der Waals surface area contributed by atoms with E-state index in [2.05, 4.69) is 22.2 Å². The first-order chi connectivity index (χ1) is 20.3. The molecule has 1 atom stereocenters. The van der Waals surface area contributed by atoms with Crippen LogP contribution in [0.5, 0.6) is 11.5 Å². The molecule has 0 aliphatic carbocycles. The topological polar surface area (TPSA) is 113 Å². The maximum absolute atomic E-state index is 13.3. The van der Waals surface area contributed by atoms with Crippen LogP contribution < -0.4 is 19.7 Å². The Hall–Kier alpha value is -4.06. The van der Waals surface area contributed by atoms with Gasteiger partial charge in [-0.15, -0.1) is 0 Å². The zero-order valence-corrected chi connectivity index (χ0v) is 25.3. The number of anilines is 2. The Balaban J connectivity index is 1.70. The van der Waals surface area contributed by atoms with E-state index in [-0.39, 0.29) is 17.4 Å². The average Bonchev–Trinajstić information content (AvgIpc) is 3.00. The van der Waals surface area contributed by atoms with Gasteiger partial charge in [-0.05, 0) is 61.1 Å². The average molecular weight is 595 g/mol. The van der Waals surface area contributed by atoms with E-state index in [0.29, 0.717) is 45.2 Å². The summed E-state index contributed by atoms with van der Waals surface area (Å²) >= 11 is -2.44.